The molecule has 52 valence electrons. The van der Waals surface area contributed by atoms with Crippen LogP contribution in [0.3, 0.4) is 0 Å². The van der Waals surface area contributed by atoms with Crippen molar-refractivity contribution < 1.29 is 4.74 Å². The first-order valence-electron chi connectivity index (χ1n) is 2.83. The number of pyridine rings is 1. The molecule has 1 aromatic rings. The summed E-state index contributed by atoms with van der Waals surface area (Å²) < 4.78 is 4.84. The Labute approximate surface area is 64.9 Å². The van der Waals surface area contributed by atoms with Crippen LogP contribution in [-0.2, 0) is 4.74 Å². The van der Waals surface area contributed by atoms with Gasteiger partial charge in [0, 0.05) is 18.0 Å². The number of aromatic nitrogens is 1. The summed E-state index contributed by atoms with van der Waals surface area (Å²) in [7, 11) is 1.56. The van der Waals surface area contributed by atoms with Gasteiger partial charge >= 0.3 is 0 Å². The molecule has 0 bridgehead atoms. The largest absolute Gasteiger partial charge is 0.486 e. The van der Waals surface area contributed by atoms with E-state index in [1.807, 2.05) is 12.1 Å². The number of hydrogen-bond acceptors (Lipinski definition) is 3. The fourth-order valence-electron chi connectivity index (χ4n) is 0.606. The SMILES string of the molecule is COC(=S)c1ccncc1. The standard InChI is InChI=1S/C7H7NOS/c1-9-7(10)6-2-4-8-5-3-6/h2-5H,1H3. The van der Waals surface area contributed by atoms with Gasteiger partial charge < -0.3 is 4.74 Å². The highest BCUT2D eigenvalue weighted by molar-refractivity contribution is 7.80. The molecule has 0 aliphatic carbocycles. The summed E-state index contributed by atoms with van der Waals surface area (Å²) in [6.07, 6.45) is 3.36. The maximum absolute atomic E-state index is 4.87. The normalized spacial score (nSPS) is 8.90. The third-order valence-electron chi connectivity index (χ3n) is 1.10. The maximum atomic E-state index is 4.87. The Balaban J connectivity index is 2.85. The van der Waals surface area contributed by atoms with Crippen molar-refractivity contribution in [2.24, 2.45) is 0 Å². The van der Waals surface area contributed by atoms with Gasteiger partial charge in [-0.2, -0.15) is 0 Å². The minimum absolute atomic E-state index is 0.502. The molecule has 1 heterocycles. The Morgan fingerprint density at radius 2 is 2.10 bits per heavy atom. The van der Waals surface area contributed by atoms with Crippen LogP contribution in [0.1, 0.15) is 5.56 Å². The summed E-state index contributed by atoms with van der Waals surface area (Å²) in [4.78, 5) is 3.85. The number of methoxy groups -OCH3 is 1. The molecule has 0 amide bonds. The van der Waals surface area contributed by atoms with Crippen LogP contribution < -0.4 is 0 Å². The summed E-state index contributed by atoms with van der Waals surface area (Å²) in [5.41, 5.74) is 0.896. The maximum Gasteiger partial charge on any atom is 0.190 e. The van der Waals surface area contributed by atoms with E-state index in [9.17, 15) is 0 Å². The molecule has 3 heteroatoms. The Bertz CT molecular complexity index is 222. The molecule has 0 unspecified atom stereocenters. The first kappa shape index (κ1) is 7.15. The number of ether oxygens (including phenoxy) is 1. The number of thiocarbonyl (C=S) groups is 1. The Morgan fingerprint density at radius 3 is 2.60 bits per heavy atom. The summed E-state index contributed by atoms with van der Waals surface area (Å²) in [5.74, 6) is 0. The molecule has 0 N–H and O–H groups in total. The molecule has 1 aromatic heterocycles. The van der Waals surface area contributed by atoms with E-state index in [-0.39, 0.29) is 0 Å². The third kappa shape index (κ3) is 1.51. The molecule has 0 aliphatic rings. The number of nitrogens with zero attached hydrogens (tertiary/aromatic N) is 1. The van der Waals surface area contributed by atoms with Crippen molar-refractivity contribution in [1.82, 2.24) is 4.98 Å². The van der Waals surface area contributed by atoms with Gasteiger partial charge in [-0.1, -0.05) is 0 Å². The van der Waals surface area contributed by atoms with E-state index in [1.165, 1.54) is 0 Å². The molecule has 0 saturated heterocycles. The molecule has 0 aromatic carbocycles. The highest BCUT2D eigenvalue weighted by atomic mass is 32.1. The van der Waals surface area contributed by atoms with Gasteiger partial charge in [0.15, 0.2) is 5.05 Å². The lowest BCUT2D eigenvalue weighted by Gasteiger charge is -1.98. The van der Waals surface area contributed by atoms with Crippen LogP contribution in [0.4, 0.5) is 0 Å². The molecule has 0 saturated carbocycles. The molecular weight excluding hydrogens is 146 g/mol. The lowest BCUT2D eigenvalue weighted by molar-refractivity contribution is 0.416. The van der Waals surface area contributed by atoms with E-state index in [2.05, 4.69) is 4.98 Å². The second-order valence-electron chi connectivity index (χ2n) is 1.73. The van der Waals surface area contributed by atoms with Crippen LogP contribution in [0.5, 0.6) is 0 Å². The third-order valence-corrected chi connectivity index (χ3v) is 1.50. The Morgan fingerprint density at radius 1 is 1.50 bits per heavy atom. The highest BCUT2D eigenvalue weighted by Gasteiger charge is 1.96. The van der Waals surface area contributed by atoms with Gasteiger partial charge in [-0.3, -0.25) is 4.98 Å². The van der Waals surface area contributed by atoms with E-state index in [0.29, 0.717) is 5.05 Å². The topological polar surface area (TPSA) is 22.1 Å². The van der Waals surface area contributed by atoms with Gasteiger partial charge in [0.1, 0.15) is 0 Å². The van der Waals surface area contributed by atoms with Crippen molar-refractivity contribution in [2.75, 3.05) is 7.11 Å². The second-order valence-corrected chi connectivity index (χ2v) is 2.10. The minimum atomic E-state index is 0.502. The van der Waals surface area contributed by atoms with E-state index in [1.54, 1.807) is 19.5 Å². The molecule has 0 fully saturated rings. The lowest BCUT2D eigenvalue weighted by Crippen LogP contribution is -1.98. The molecule has 0 atom stereocenters. The van der Waals surface area contributed by atoms with Crippen molar-refractivity contribution in [3.8, 4) is 0 Å². The average Bonchev–Trinajstić information content (AvgIpc) is 2.05. The summed E-state index contributed by atoms with van der Waals surface area (Å²) in [5, 5.41) is 0.502. The summed E-state index contributed by atoms with van der Waals surface area (Å²) >= 11 is 4.87. The van der Waals surface area contributed by atoms with Crippen LogP contribution in [0.15, 0.2) is 24.5 Å². The lowest BCUT2D eigenvalue weighted by atomic mass is 10.3. The Hall–Kier alpha value is -0.960. The van der Waals surface area contributed by atoms with Crippen molar-refractivity contribution in [3.63, 3.8) is 0 Å². The van der Waals surface area contributed by atoms with Gasteiger partial charge in [-0.05, 0) is 24.4 Å². The first-order chi connectivity index (χ1) is 4.84. The molecule has 0 radical (unpaired) electrons. The number of rotatable bonds is 1. The molecule has 0 aliphatic heterocycles. The molecule has 1 rings (SSSR count). The minimum Gasteiger partial charge on any atom is -0.486 e. The fraction of sp³-hybridized carbons (Fsp3) is 0.143. The van der Waals surface area contributed by atoms with Gasteiger partial charge in [-0.15, -0.1) is 0 Å². The van der Waals surface area contributed by atoms with Crippen LogP contribution in [0.25, 0.3) is 0 Å². The zero-order valence-electron chi connectivity index (χ0n) is 5.57. The monoisotopic (exact) mass is 153 g/mol. The second kappa shape index (κ2) is 3.27. The van der Waals surface area contributed by atoms with Gasteiger partial charge in [0.25, 0.3) is 0 Å². The van der Waals surface area contributed by atoms with E-state index < -0.39 is 0 Å². The quantitative estimate of drug-likeness (QED) is 0.569. The highest BCUT2D eigenvalue weighted by Crippen LogP contribution is 1.98. The van der Waals surface area contributed by atoms with Crippen molar-refractivity contribution in [2.45, 2.75) is 0 Å². The summed E-state index contributed by atoms with van der Waals surface area (Å²) in [6, 6.07) is 3.62. The van der Waals surface area contributed by atoms with E-state index in [0.717, 1.165) is 5.56 Å². The van der Waals surface area contributed by atoms with Crippen molar-refractivity contribution in [3.05, 3.63) is 30.1 Å². The smallest absolute Gasteiger partial charge is 0.190 e. The molecule has 2 nitrogen and oxygen atoms in total. The Kier molecular flexibility index (Phi) is 2.34. The van der Waals surface area contributed by atoms with Crippen LogP contribution in [-0.4, -0.2) is 17.1 Å². The zero-order valence-corrected chi connectivity index (χ0v) is 6.39. The molecular formula is C7H7NOS. The molecule has 0 spiro atoms. The average molecular weight is 153 g/mol. The zero-order chi connectivity index (χ0) is 7.40. The van der Waals surface area contributed by atoms with Crippen LogP contribution in [0.2, 0.25) is 0 Å². The first-order valence-corrected chi connectivity index (χ1v) is 3.24. The van der Waals surface area contributed by atoms with Crippen molar-refractivity contribution in [1.29, 1.82) is 0 Å². The fourth-order valence-corrected chi connectivity index (χ4v) is 0.742. The number of hydrogen-bond donors (Lipinski definition) is 0. The van der Waals surface area contributed by atoms with Crippen LogP contribution >= 0.6 is 12.2 Å². The van der Waals surface area contributed by atoms with E-state index in [4.69, 9.17) is 17.0 Å². The predicted molar refractivity (Wildman–Crippen MR) is 42.9 cm³/mol. The van der Waals surface area contributed by atoms with Crippen molar-refractivity contribution >= 4 is 17.3 Å². The molecule has 10 heavy (non-hydrogen) atoms. The van der Waals surface area contributed by atoms with Gasteiger partial charge in [0.2, 0.25) is 0 Å². The van der Waals surface area contributed by atoms with Crippen LogP contribution in [0, 0.1) is 0 Å². The van der Waals surface area contributed by atoms with Gasteiger partial charge in [-0.25, -0.2) is 0 Å². The van der Waals surface area contributed by atoms with Gasteiger partial charge in [0.05, 0.1) is 7.11 Å². The predicted octanol–water partition coefficient (Wildman–Crippen LogP) is 1.40. The van der Waals surface area contributed by atoms with E-state index >= 15 is 0 Å². The summed E-state index contributed by atoms with van der Waals surface area (Å²) in [6.45, 7) is 0.